The number of carbonyl (C=O) groups excluding carboxylic acids is 1. The molecule has 0 aliphatic carbocycles. The Morgan fingerprint density at radius 3 is 2.55 bits per heavy atom. The van der Waals surface area contributed by atoms with E-state index in [0.717, 1.165) is 17.8 Å². The fourth-order valence-electron chi connectivity index (χ4n) is 3.10. The predicted molar refractivity (Wildman–Crippen MR) is 126 cm³/mol. The van der Waals surface area contributed by atoms with Gasteiger partial charge in [0.05, 0.1) is 5.75 Å². The molecule has 2 aromatic carbocycles. The Hall–Kier alpha value is -3.20. The number of amides is 1. The topological polar surface area (TPSA) is 69.0 Å². The van der Waals surface area contributed by atoms with E-state index in [1.165, 1.54) is 23.4 Å². The summed E-state index contributed by atoms with van der Waals surface area (Å²) < 4.78 is 34.5. The Labute approximate surface area is 196 Å². The molecule has 1 amide bonds. The highest BCUT2D eigenvalue weighted by atomic mass is 32.2. The lowest BCUT2D eigenvalue weighted by Gasteiger charge is -2.16. The summed E-state index contributed by atoms with van der Waals surface area (Å²) in [6, 6.07) is 10.8. The van der Waals surface area contributed by atoms with Crippen LogP contribution in [0.5, 0.6) is 5.75 Å². The Balaban J connectivity index is 1.65. The number of ether oxygens (including phenoxy) is 1. The number of hydrogen-bond acceptors (Lipinski definition) is 5. The number of anilines is 1. The van der Waals surface area contributed by atoms with Crippen LogP contribution in [0.25, 0.3) is 0 Å². The molecular weight excluding hydrogens is 446 g/mol. The Morgan fingerprint density at radius 2 is 1.91 bits per heavy atom. The molecule has 1 N–H and O–H groups in total. The van der Waals surface area contributed by atoms with Crippen LogP contribution in [0.4, 0.5) is 14.5 Å². The van der Waals surface area contributed by atoms with Gasteiger partial charge in [-0.15, -0.1) is 16.8 Å². The van der Waals surface area contributed by atoms with Gasteiger partial charge < -0.3 is 10.1 Å². The van der Waals surface area contributed by atoms with Gasteiger partial charge in [-0.3, -0.25) is 9.36 Å². The predicted octanol–water partition coefficient (Wildman–Crippen LogP) is 5.74. The smallest absolute Gasteiger partial charge is 0.234 e. The van der Waals surface area contributed by atoms with E-state index in [1.807, 2.05) is 24.3 Å². The van der Waals surface area contributed by atoms with Crippen LogP contribution in [-0.2, 0) is 11.3 Å². The first-order valence-corrected chi connectivity index (χ1v) is 11.4. The maximum atomic E-state index is 14.0. The van der Waals surface area contributed by atoms with Crippen molar-refractivity contribution in [3.05, 3.63) is 78.1 Å². The van der Waals surface area contributed by atoms with Crippen molar-refractivity contribution in [3.63, 3.8) is 0 Å². The molecule has 0 bridgehead atoms. The van der Waals surface area contributed by atoms with Crippen LogP contribution in [0.1, 0.15) is 44.2 Å². The van der Waals surface area contributed by atoms with Gasteiger partial charge in [-0.1, -0.05) is 43.8 Å². The second-order valence-electron chi connectivity index (χ2n) is 7.69. The van der Waals surface area contributed by atoms with Gasteiger partial charge in [0, 0.05) is 18.3 Å². The normalized spacial score (nSPS) is 11.9. The summed E-state index contributed by atoms with van der Waals surface area (Å²) in [5.74, 6) is -0.769. The molecule has 3 rings (SSSR count). The van der Waals surface area contributed by atoms with E-state index < -0.39 is 17.7 Å². The summed E-state index contributed by atoms with van der Waals surface area (Å²) in [6.07, 6.45) is 0.999. The van der Waals surface area contributed by atoms with Crippen molar-refractivity contribution >= 4 is 23.4 Å². The van der Waals surface area contributed by atoms with Crippen LogP contribution in [-0.4, -0.2) is 26.4 Å². The average molecular weight is 473 g/mol. The highest BCUT2D eigenvalue weighted by molar-refractivity contribution is 7.99. The molecular formula is C24H26F2N4O2S. The molecule has 1 aromatic heterocycles. The van der Waals surface area contributed by atoms with Gasteiger partial charge in [0.15, 0.2) is 28.7 Å². The number of rotatable bonds is 10. The molecule has 0 saturated heterocycles. The molecule has 0 saturated carbocycles. The monoisotopic (exact) mass is 472 g/mol. The first kappa shape index (κ1) is 24.4. The van der Waals surface area contributed by atoms with Crippen LogP contribution in [0, 0.1) is 11.6 Å². The third kappa shape index (κ3) is 6.41. The number of nitrogens with zero attached hydrogens (tertiary/aromatic N) is 3. The molecule has 1 unspecified atom stereocenters. The van der Waals surface area contributed by atoms with Crippen LogP contribution >= 0.6 is 11.8 Å². The summed E-state index contributed by atoms with van der Waals surface area (Å²) in [4.78, 5) is 12.4. The molecule has 6 nitrogen and oxygen atoms in total. The van der Waals surface area contributed by atoms with Crippen molar-refractivity contribution in [1.82, 2.24) is 14.8 Å². The number of hydrogen-bond donors (Lipinski definition) is 1. The van der Waals surface area contributed by atoms with Gasteiger partial charge in [0.2, 0.25) is 5.91 Å². The molecule has 174 valence electrons. The zero-order valence-electron chi connectivity index (χ0n) is 18.7. The standard InChI is InChI=1S/C24H26F2N4O2S/c1-5-12-30-23(16(4)32-21-11-8-18(25)13-20(21)26)28-29-24(30)33-14-22(31)27-19-9-6-17(7-10-19)15(2)3/h5-11,13,15-16H,1,12,14H2,2-4H3,(H,27,31). The van der Waals surface area contributed by atoms with Crippen molar-refractivity contribution in [3.8, 4) is 5.75 Å². The third-order valence-corrected chi connectivity index (χ3v) is 5.78. The van der Waals surface area contributed by atoms with Crippen LogP contribution < -0.4 is 10.1 Å². The Kier molecular flexibility index (Phi) is 8.21. The molecule has 3 aromatic rings. The summed E-state index contributed by atoms with van der Waals surface area (Å²) in [5, 5.41) is 11.7. The fraction of sp³-hybridized carbons (Fsp3) is 0.292. The molecule has 0 radical (unpaired) electrons. The van der Waals surface area contributed by atoms with Crippen LogP contribution in [0.15, 0.2) is 60.3 Å². The maximum Gasteiger partial charge on any atom is 0.234 e. The van der Waals surface area contributed by atoms with E-state index in [-0.39, 0.29) is 17.4 Å². The number of thioether (sulfide) groups is 1. The van der Waals surface area contributed by atoms with Crippen molar-refractivity contribution in [2.75, 3.05) is 11.1 Å². The van der Waals surface area contributed by atoms with Gasteiger partial charge in [-0.2, -0.15) is 0 Å². The van der Waals surface area contributed by atoms with Gasteiger partial charge >= 0.3 is 0 Å². The minimum Gasteiger partial charge on any atom is -0.480 e. The van der Waals surface area contributed by atoms with Crippen molar-refractivity contribution < 1.29 is 18.3 Å². The molecule has 9 heteroatoms. The van der Waals surface area contributed by atoms with E-state index in [2.05, 4.69) is 35.9 Å². The zero-order valence-corrected chi connectivity index (χ0v) is 19.5. The minimum atomic E-state index is -0.802. The highest BCUT2D eigenvalue weighted by Gasteiger charge is 2.21. The number of carbonyl (C=O) groups is 1. The lowest BCUT2D eigenvalue weighted by atomic mass is 10.0. The van der Waals surface area contributed by atoms with Crippen molar-refractivity contribution in [2.24, 2.45) is 0 Å². The second-order valence-corrected chi connectivity index (χ2v) is 8.63. The van der Waals surface area contributed by atoms with Gasteiger partial charge in [0.1, 0.15) is 5.82 Å². The fourth-order valence-corrected chi connectivity index (χ4v) is 3.86. The van der Waals surface area contributed by atoms with E-state index in [9.17, 15) is 13.6 Å². The lowest BCUT2D eigenvalue weighted by molar-refractivity contribution is -0.113. The first-order chi connectivity index (χ1) is 15.8. The SMILES string of the molecule is C=CCn1c(SCC(=O)Nc2ccc(C(C)C)cc2)nnc1C(C)Oc1ccc(F)cc1F. The maximum absolute atomic E-state index is 14.0. The number of aromatic nitrogens is 3. The zero-order chi connectivity index (χ0) is 24.0. The van der Waals surface area contributed by atoms with Crippen LogP contribution in [0.3, 0.4) is 0 Å². The molecule has 0 fully saturated rings. The molecule has 1 atom stereocenters. The van der Waals surface area contributed by atoms with Crippen LogP contribution in [0.2, 0.25) is 0 Å². The minimum absolute atomic E-state index is 0.0888. The van der Waals surface area contributed by atoms with Crippen molar-refractivity contribution in [1.29, 1.82) is 0 Å². The van der Waals surface area contributed by atoms with Gasteiger partial charge in [0.25, 0.3) is 0 Å². The molecule has 0 spiro atoms. The second kappa shape index (κ2) is 11.1. The Morgan fingerprint density at radius 1 is 1.18 bits per heavy atom. The average Bonchev–Trinajstić information content (AvgIpc) is 3.17. The van der Waals surface area contributed by atoms with E-state index in [1.54, 1.807) is 17.6 Å². The van der Waals surface area contributed by atoms with Crippen molar-refractivity contribution in [2.45, 2.75) is 44.5 Å². The number of allylic oxidation sites excluding steroid dienone is 1. The summed E-state index contributed by atoms with van der Waals surface area (Å²) in [7, 11) is 0. The molecule has 33 heavy (non-hydrogen) atoms. The third-order valence-electron chi connectivity index (χ3n) is 4.81. The van der Waals surface area contributed by atoms with E-state index >= 15 is 0 Å². The molecule has 1 heterocycles. The first-order valence-electron chi connectivity index (χ1n) is 10.5. The number of benzene rings is 2. The Bertz CT molecular complexity index is 1120. The number of halogens is 2. The summed E-state index contributed by atoms with van der Waals surface area (Å²) >= 11 is 1.22. The van der Waals surface area contributed by atoms with Gasteiger partial charge in [-0.05, 0) is 42.7 Å². The number of nitrogens with one attached hydrogen (secondary N) is 1. The summed E-state index contributed by atoms with van der Waals surface area (Å²) in [6.45, 7) is 10.0. The quantitative estimate of drug-likeness (QED) is 0.301. The molecule has 0 aliphatic rings. The largest absolute Gasteiger partial charge is 0.480 e. The van der Waals surface area contributed by atoms with E-state index in [4.69, 9.17) is 4.74 Å². The molecule has 0 aliphatic heterocycles. The summed E-state index contributed by atoms with van der Waals surface area (Å²) in [5.41, 5.74) is 1.92. The van der Waals surface area contributed by atoms with E-state index in [0.29, 0.717) is 23.4 Å². The van der Waals surface area contributed by atoms with Gasteiger partial charge in [-0.25, -0.2) is 8.78 Å². The lowest BCUT2D eigenvalue weighted by Crippen LogP contribution is -2.15. The highest BCUT2D eigenvalue weighted by Crippen LogP contribution is 2.27.